The maximum atomic E-state index is 13.1. The highest BCUT2D eigenvalue weighted by Gasteiger charge is 2.26. The van der Waals surface area contributed by atoms with Crippen molar-refractivity contribution in [2.45, 2.75) is 32.7 Å². The standard InChI is InChI=1S/C29H32ClN5O2/c1-3-4-22-19-24(7-10-28(22)34-15-13-33(14-16-34)25-11-17-37-18-12-25)32-29(36)27-20-31-35(21(27)2)26-8-5-23(30)6-9-26/h5-10,19-20,25H,11-18H2,1-2H3,(H,32,36). The van der Waals surface area contributed by atoms with E-state index in [1.807, 2.05) is 38.1 Å². The van der Waals surface area contributed by atoms with Crippen LogP contribution in [0, 0.1) is 18.8 Å². The Hall–Kier alpha value is -3.31. The van der Waals surface area contributed by atoms with E-state index in [2.05, 4.69) is 38.1 Å². The lowest BCUT2D eigenvalue weighted by Gasteiger charge is -2.41. The van der Waals surface area contributed by atoms with E-state index >= 15 is 0 Å². The number of nitrogens with zero attached hydrogens (tertiary/aromatic N) is 4. The highest BCUT2D eigenvalue weighted by Crippen LogP contribution is 2.27. The second-order valence-electron chi connectivity index (χ2n) is 9.46. The molecule has 192 valence electrons. The number of carbonyl (C=O) groups excluding carboxylic acids is 1. The molecule has 0 spiro atoms. The summed E-state index contributed by atoms with van der Waals surface area (Å²) in [5, 5.41) is 8.10. The van der Waals surface area contributed by atoms with Crippen LogP contribution in [0.5, 0.6) is 0 Å². The quantitative estimate of drug-likeness (QED) is 0.494. The lowest BCUT2D eigenvalue weighted by molar-refractivity contribution is 0.0321. The summed E-state index contributed by atoms with van der Waals surface area (Å²) in [6, 6.07) is 14.0. The van der Waals surface area contributed by atoms with Gasteiger partial charge in [-0.2, -0.15) is 5.10 Å². The molecule has 1 amide bonds. The second kappa shape index (κ2) is 11.4. The van der Waals surface area contributed by atoms with Crippen molar-refractivity contribution in [3.05, 3.63) is 70.5 Å². The first kappa shape index (κ1) is 25.3. The number of amides is 1. The van der Waals surface area contributed by atoms with Gasteiger partial charge in [0, 0.05) is 61.7 Å². The minimum Gasteiger partial charge on any atom is -0.381 e. The molecule has 0 atom stereocenters. The molecule has 5 rings (SSSR count). The van der Waals surface area contributed by atoms with E-state index in [-0.39, 0.29) is 5.91 Å². The van der Waals surface area contributed by atoms with Gasteiger partial charge in [0.05, 0.1) is 28.8 Å². The SMILES string of the molecule is CC#Cc1cc(NC(=O)c2cnn(-c3ccc(Cl)cc3)c2C)ccc1N1CCN(C2CCOCC2)CC1. The molecule has 2 aliphatic rings. The Morgan fingerprint density at radius 2 is 1.81 bits per heavy atom. The van der Waals surface area contributed by atoms with Gasteiger partial charge in [-0.05, 0) is 69.2 Å². The van der Waals surface area contributed by atoms with Gasteiger partial charge in [-0.1, -0.05) is 17.5 Å². The molecule has 37 heavy (non-hydrogen) atoms. The highest BCUT2D eigenvalue weighted by atomic mass is 35.5. The third-order valence-corrected chi connectivity index (χ3v) is 7.45. The number of carbonyl (C=O) groups is 1. The second-order valence-corrected chi connectivity index (χ2v) is 9.90. The Kier molecular flexibility index (Phi) is 7.80. The fourth-order valence-electron chi connectivity index (χ4n) is 5.18. The molecule has 8 heteroatoms. The molecule has 2 saturated heterocycles. The first-order chi connectivity index (χ1) is 18.0. The van der Waals surface area contributed by atoms with Crippen molar-refractivity contribution < 1.29 is 9.53 Å². The van der Waals surface area contributed by atoms with E-state index in [1.165, 1.54) is 0 Å². The number of benzene rings is 2. The fraction of sp³-hybridized carbons (Fsp3) is 0.379. The fourth-order valence-corrected chi connectivity index (χ4v) is 5.30. The number of anilines is 2. The summed E-state index contributed by atoms with van der Waals surface area (Å²) in [6.07, 6.45) is 3.84. The molecule has 2 fully saturated rings. The minimum absolute atomic E-state index is 0.203. The molecule has 2 aromatic carbocycles. The Bertz CT molecular complexity index is 1310. The average Bonchev–Trinajstić information content (AvgIpc) is 3.31. The summed E-state index contributed by atoms with van der Waals surface area (Å²) in [6.45, 7) is 9.47. The van der Waals surface area contributed by atoms with Crippen molar-refractivity contribution in [2.24, 2.45) is 0 Å². The van der Waals surface area contributed by atoms with Crippen molar-refractivity contribution in [2.75, 3.05) is 49.6 Å². The minimum atomic E-state index is -0.203. The van der Waals surface area contributed by atoms with Crippen LogP contribution < -0.4 is 10.2 Å². The van der Waals surface area contributed by atoms with Gasteiger partial charge in [0.2, 0.25) is 0 Å². The van der Waals surface area contributed by atoms with Crippen LogP contribution in [0.2, 0.25) is 5.02 Å². The van der Waals surface area contributed by atoms with Crippen LogP contribution in [0.4, 0.5) is 11.4 Å². The van der Waals surface area contributed by atoms with Crippen LogP contribution in [0.3, 0.4) is 0 Å². The van der Waals surface area contributed by atoms with Crippen LogP contribution in [-0.4, -0.2) is 66.0 Å². The molecule has 0 bridgehead atoms. The van der Waals surface area contributed by atoms with Crippen molar-refractivity contribution in [1.29, 1.82) is 0 Å². The van der Waals surface area contributed by atoms with Crippen LogP contribution in [0.1, 0.15) is 41.4 Å². The summed E-state index contributed by atoms with van der Waals surface area (Å²) in [5.41, 5.74) is 4.88. The molecule has 0 saturated carbocycles. The van der Waals surface area contributed by atoms with Gasteiger partial charge >= 0.3 is 0 Å². The molecular formula is C29H32ClN5O2. The molecule has 3 heterocycles. The molecule has 1 aromatic heterocycles. The molecule has 3 aromatic rings. The van der Waals surface area contributed by atoms with E-state index in [0.29, 0.717) is 22.3 Å². The topological polar surface area (TPSA) is 62.6 Å². The lowest BCUT2D eigenvalue weighted by Crippen LogP contribution is -2.51. The van der Waals surface area contributed by atoms with E-state index in [1.54, 1.807) is 23.0 Å². The average molecular weight is 518 g/mol. The van der Waals surface area contributed by atoms with Gasteiger partial charge in [0.1, 0.15) is 0 Å². The maximum absolute atomic E-state index is 13.1. The Balaban J connectivity index is 1.28. The zero-order chi connectivity index (χ0) is 25.8. The third kappa shape index (κ3) is 5.67. The van der Waals surface area contributed by atoms with Crippen molar-refractivity contribution >= 4 is 28.9 Å². The smallest absolute Gasteiger partial charge is 0.259 e. The van der Waals surface area contributed by atoms with Gasteiger partial charge in [-0.15, -0.1) is 5.92 Å². The van der Waals surface area contributed by atoms with Crippen LogP contribution in [0.25, 0.3) is 5.69 Å². The zero-order valence-electron chi connectivity index (χ0n) is 21.3. The van der Waals surface area contributed by atoms with E-state index in [4.69, 9.17) is 16.3 Å². The monoisotopic (exact) mass is 517 g/mol. The van der Waals surface area contributed by atoms with Gasteiger partial charge in [0.15, 0.2) is 0 Å². The van der Waals surface area contributed by atoms with Crippen LogP contribution in [0.15, 0.2) is 48.7 Å². The number of hydrogen-bond acceptors (Lipinski definition) is 5. The first-order valence-electron chi connectivity index (χ1n) is 12.8. The molecule has 0 aliphatic carbocycles. The van der Waals surface area contributed by atoms with E-state index in [0.717, 1.165) is 74.9 Å². The number of hydrogen-bond donors (Lipinski definition) is 1. The van der Waals surface area contributed by atoms with E-state index < -0.39 is 0 Å². The van der Waals surface area contributed by atoms with Crippen LogP contribution in [-0.2, 0) is 4.74 Å². The van der Waals surface area contributed by atoms with Gasteiger partial charge in [-0.25, -0.2) is 4.68 Å². The van der Waals surface area contributed by atoms with Gasteiger partial charge in [-0.3, -0.25) is 9.69 Å². The Morgan fingerprint density at radius 1 is 1.08 bits per heavy atom. The number of halogens is 1. The molecule has 1 N–H and O–H groups in total. The summed E-state index contributed by atoms with van der Waals surface area (Å²) >= 11 is 6.01. The van der Waals surface area contributed by atoms with E-state index in [9.17, 15) is 4.79 Å². The molecule has 0 unspecified atom stereocenters. The summed E-state index contributed by atoms with van der Waals surface area (Å²) in [5.74, 6) is 6.07. The first-order valence-corrected chi connectivity index (χ1v) is 13.2. The Labute approximate surface area is 223 Å². The normalized spacial score (nSPS) is 16.8. The predicted octanol–water partition coefficient (Wildman–Crippen LogP) is 4.76. The maximum Gasteiger partial charge on any atom is 0.259 e. The number of ether oxygens (including phenoxy) is 1. The van der Waals surface area contributed by atoms with Gasteiger partial charge in [0.25, 0.3) is 5.91 Å². The summed E-state index contributed by atoms with van der Waals surface area (Å²) in [4.78, 5) is 18.1. The summed E-state index contributed by atoms with van der Waals surface area (Å²) < 4.78 is 7.27. The van der Waals surface area contributed by atoms with Crippen molar-refractivity contribution in [1.82, 2.24) is 14.7 Å². The van der Waals surface area contributed by atoms with Crippen molar-refractivity contribution in [3.8, 4) is 17.5 Å². The Morgan fingerprint density at radius 3 is 2.51 bits per heavy atom. The summed E-state index contributed by atoms with van der Waals surface area (Å²) in [7, 11) is 0. The molecular weight excluding hydrogens is 486 g/mol. The predicted molar refractivity (Wildman–Crippen MR) is 148 cm³/mol. The number of nitrogens with one attached hydrogen (secondary N) is 1. The largest absolute Gasteiger partial charge is 0.381 e. The van der Waals surface area contributed by atoms with Crippen LogP contribution >= 0.6 is 11.6 Å². The highest BCUT2D eigenvalue weighted by molar-refractivity contribution is 6.30. The number of aromatic nitrogens is 2. The molecule has 2 aliphatic heterocycles. The van der Waals surface area contributed by atoms with Crippen molar-refractivity contribution in [3.63, 3.8) is 0 Å². The zero-order valence-corrected chi connectivity index (χ0v) is 22.1. The third-order valence-electron chi connectivity index (χ3n) is 7.20. The number of piperazine rings is 1. The lowest BCUT2D eigenvalue weighted by atomic mass is 10.1. The molecule has 7 nitrogen and oxygen atoms in total. The molecule has 0 radical (unpaired) electrons. The number of rotatable bonds is 5. The van der Waals surface area contributed by atoms with Gasteiger partial charge < -0.3 is 15.0 Å².